The molecule has 25 heavy (non-hydrogen) atoms. The van der Waals surface area contributed by atoms with E-state index in [9.17, 15) is 13.2 Å². The summed E-state index contributed by atoms with van der Waals surface area (Å²) in [4.78, 5) is 11.2. The Morgan fingerprint density at radius 2 is 1.92 bits per heavy atom. The predicted octanol–water partition coefficient (Wildman–Crippen LogP) is 1.54. The molecule has 0 spiro atoms. The summed E-state index contributed by atoms with van der Waals surface area (Å²) in [5.74, 6) is -0.631. The van der Waals surface area contributed by atoms with Crippen LogP contribution in [-0.2, 0) is 21.2 Å². The van der Waals surface area contributed by atoms with Gasteiger partial charge in [-0.15, -0.1) is 0 Å². The van der Waals surface area contributed by atoms with Gasteiger partial charge >= 0.3 is 0 Å². The zero-order valence-corrected chi connectivity index (χ0v) is 14.0. The number of sulfonamides is 1. The van der Waals surface area contributed by atoms with Crippen LogP contribution in [0.4, 0.5) is 11.4 Å². The average molecular weight is 359 g/mol. The maximum Gasteiger partial charge on any atom is 0.267 e. The minimum Gasteiger partial charge on any atom is -0.399 e. The first-order valence-corrected chi connectivity index (χ1v) is 8.99. The monoisotopic (exact) mass is 359 g/mol. The van der Waals surface area contributed by atoms with E-state index in [1.807, 2.05) is 6.07 Å². The Hall–Kier alpha value is -2.84. The molecular formula is C17H17N3O4S. The zero-order chi connectivity index (χ0) is 18.0. The second kappa shape index (κ2) is 6.58. The van der Waals surface area contributed by atoms with Crippen LogP contribution in [0.25, 0.3) is 6.08 Å². The number of carbonyl (C=O) groups is 1. The minimum atomic E-state index is -3.65. The molecule has 7 nitrogen and oxygen atoms in total. The number of hydrogen-bond donors (Lipinski definition) is 3. The third-order valence-corrected chi connectivity index (χ3v) is 5.79. The van der Waals surface area contributed by atoms with Crippen LogP contribution in [0.5, 0.6) is 0 Å². The molecule has 0 unspecified atom stereocenters. The van der Waals surface area contributed by atoms with Crippen molar-refractivity contribution in [1.82, 2.24) is 5.48 Å². The molecule has 0 fully saturated rings. The normalized spacial score (nSPS) is 13.9. The highest BCUT2D eigenvalue weighted by Crippen LogP contribution is 2.33. The van der Waals surface area contributed by atoms with E-state index in [2.05, 4.69) is 0 Å². The molecule has 1 aliphatic rings. The molecule has 0 aromatic heterocycles. The van der Waals surface area contributed by atoms with Crippen molar-refractivity contribution in [2.24, 2.45) is 0 Å². The predicted molar refractivity (Wildman–Crippen MR) is 94.5 cm³/mol. The van der Waals surface area contributed by atoms with Crippen molar-refractivity contribution in [3.63, 3.8) is 0 Å². The molecule has 0 saturated heterocycles. The van der Waals surface area contributed by atoms with E-state index >= 15 is 0 Å². The number of nitrogens with zero attached hydrogens (tertiary/aromatic N) is 1. The summed E-state index contributed by atoms with van der Waals surface area (Å²) in [6.07, 6.45) is 3.32. The third-order valence-electron chi connectivity index (χ3n) is 3.96. The molecule has 130 valence electrons. The van der Waals surface area contributed by atoms with Gasteiger partial charge in [0.1, 0.15) is 0 Å². The second-order valence-electron chi connectivity index (χ2n) is 5.59. The lowest BCUT2D eigenvalue weighted by molar-refractivity contribution is -0.124. The van der Waals surface area contributed by atoms with E-state index < -0.39 is 15.9 Å². The van der Waals surface area contributed by atoms with Crippen molar-refractivity contribution in [2.45, 2.75) is 11.3 Å². The Labute approximate surface area is 145 Å². The fourth-order valence-electron chi connectivity index (χ4n) is 2.72. The largest absolute Gasteiger partial charge is 0.399 e. The Morgan fingerprint density at radius 3 is 2.60 bits per heavy atom. The minimum absolute atomic E-state index is 0.193. The van der Waals surface area contributed by atoms with Crippen LogP contribution in [-0.4, -0.2) is 26.1 Å². The lowest BCUT2D eigenvalue weighted by Crippen LogP contribution is -2.29. The van der Waals surface area contributed by atoms with E-state index in [1.165, 1.54) is 28.0 Å². The number of carbonyl (C=O) groups excluding carboxylic acids is 1. The number of nitrogens with two attached hydrogens (primary N) is 1. The van der Waals surface area contributed by atoms with Crippen LogP contribution in [0.15, 0.2) is 53.4 Å². The summed E-state index contributed by atoms with van der Waals surface area (Å²) in [5, 5.41) is 8.49. The first-order valence-electron chi connectivity index (χ1n) is 7.55. The van der Waals surface area contributed by atoms with E-state index in [0.29, 0.717) is 24.3 Å². The molecule has 0 saturated carbocycles. The molecule has 4 N–H and O–H groups in total. The fraction of sp³-hybridized carbons (Fsp3) is 0.118. The lowest BCUT2D eigenvalue weighted by Gasteiger charge is -2.19. The van der Waals surface area contributed by atoms with Gasteiger partial charge in [0.05, 0.1) is 10.6 Å². The first-order chi connectivity index (χ1) is 11.9. The smallest absolute Gasteiger partial charge is 0.267 e. The molecular weight excluding hydrogens is 342 g/mol. The number of nitrogen functional groups attached to an aromatic ring is 1. The molecule has 0 aliphatic carbocycles. The first kappa shape index (κ1) is 17.0. The molecule has 8 heteroatoms. The van der Waals surface area contributed by atoms with Crippen LogP contribution in [0.2, 0.25) is 0 Å². The highest BCUT2D eigenvalue weighted by atomic mass is 32.2. The Morgan fingerprint density at radius 1 is 1.20 bits per heavy atom. The van der Waals surface area contributed by atoms with Gasteiger partial charge in [-0.05, 0) is 60.0 Å². The summed E-state index contributed by atoms with van der Waals surface area (Å²) in [6.45, 7) is 0.354. The number of amides is 1. The molecule has 0 radical (unpaired) electrons. The highest BCUT2D eigenvalue weighted by Gasteiger charge is 2.30. The average Bonchev–Trinajstić information content (AvgIpc) is 3.04. The highest BCUT2D eigenvalue weighted by molar-refractivity contribution is 7.92. The van der Waals surface area contributed by atoms with Crippen LogP contribution < -0.4 is 15.5 Å². The van der Waals surface area contributed by atoms with Crippen molar-refractivity contribution in [1.29, 1.82) is 0 Å². The Kier molecular flexibility index (Phi) is 4.47. The van der Waals surface area contributed by atoms with Crippen molar-refractivity contribution in [3.8, 4) is 0 Å². The molecule has 2 aromatic rings. The van der Waals surface area contributed by atoms with Crippen molar-refractivity contribution < 1.29 is 18.4 Å². The summed E-state index contributed by atoms with van der Waals surface area (Å²) in [7, 11) is -3.65. The number of hydrogen-bond acceptors (Lipinski definition) is 5. The van der Waals surface area contributed by atoms with Gasteiger partial charge < -0.3 is 5.73 Å². The number of benzene rings is 2. The molecule has 1 aliphatic heterocycles. The molecule has 2 aromatic carbocycles. The lowest BCUT2D eigenvalue weighted by atomic mass is 10.1. The Balaban J connectivity index is 1.90. The quantitative estimate of drug-likeness (QED) is 0.332. The third kappa shape index (κ3) is 3.35. The van der Waals surface area contributed by atoms with Crippen molar-refractivity contribution in [3.05, 3.63) is 59.7 Å². The molecule has 3 rings (SSSR count). The van der Waals surface area contributed by atoms with E-state index in [4.69, 9.17) is 10.9 Å². The maximum absolute atomic E-state index is 12.8. The van der Waals surface area contributed by atoms with Crippen LogP contribution >= 0.6 is 0 Å². The molecule has 0 atom stereocenters. The second-order valence-corrected chi connectivity index (χ2v) is 7.46. The van der Waals surface area contributed by atoms with E-state index in [-0.39, 0.29) is 4.90 Å². The maximum atomic E-state index is 12.8. The number of fused-ring (bicyclic) bond motifs is 1. The van der Waals surface area contributed by atoms with Crippen LogP contribution in [0, 0.1) is 0 Å². The Bertz CT molecular complexity index is 937. The number of rotatable bonds is 4. The summed E-state index contributed by atoms with van der Waals surface area (Å²) >= 11 is 0. The van der Waals surface area contributed by atoms with Gasteiger partial charge in [0, 0.05) is 18.3 Å². The SMILES string of the molecule is Nc1ccc(S(=O)(=O)N2CCc3cc(/C=C/C(=O)NO)ccc32)cc1. The zero-order valence-electron chi connectivity index (χ0n) is 13.2. The number of nitrogens with one attached hydrogen (secondary N) is 1. The molecule has 1 amide bonds. The molecule has 0 bridgehead atoms. The van der Waals surface area contributed by atoms with Crippen molar-refractivity contribution in [2.75, 3.05) is 16.6 Å². The summed E-state index contributed by atoms with van der Waals surface area (Å²) in [6, 6.07) is 11.4. The summed E-state index contributed by atoms with van der Waals surface area (Å²) < 4.78 is 27.1. The van der Waals surface area contributed by atoms with E-state index in [0.717, 1.165) is 11.1 Å². The molecule has 1 heterocycles. The number of hydroxylamine groups is 1. The van der Waals surface area contributed by atoms with E-state index in [1.54, 1.807) is 30.3 Å². The van der Waals surface area contributed by atoms with Crippen LogP contribution in [0.1, 0.15) is 11.1 Å². The summed E-state index contributed by atoms with van der Waals surface area (Å²) in [5.41, 5.74) is 9.89. The van der Waals surface area contributed by atoms with Gasteiger partial charge in [0.15, 0.2) is 0 Å². The topological polar surface area (TPSA) is 113 Å². The van der Waals surface area contributed by atoms with Crippen molar-refractivity contribution >= 4 is 33.4 Å². The van der Waals surface area contributed by atoms with Gasteiger partial charge in [-0.2, -0.15) is 0 Å². The number of anilines is 2. The van der Waals surface area contributed by atoms with Crippen LogP contribution in [0.3, 0.4) is 0 Å². The fourth-order valence-corrected chi connectivity index (χ4v) is 4.22. The van der Waals surface area contributed by atoms with Gasteiger partial charge in [-0.3, -0.25) is 14.3 Å². The van der Waals surface area contributed by atoms with Gasteiger partial charge in [-0.1, -0.05) is 6.07 Å². The van der Waals surface area contributed by atoms with Gasteiger partial charge in [-0.25, -0.2) is 13.9 Å². The van der Waals surface area contributed by atoms with Gasteiger partial charge in [0.2, 0.25) is 0 Å². The standard InChI is InChI=1S/C17H17N3O4S/c18-14-3-5-15(6-4-14)25(23,24)20-10-9-13-11-12(1-7-16(13)20)2-8-17(21)19-22/h1-8,11,22H,9-10,18H2,(H,19,21)/b8-2+. The van der Waals surface area contributed by atoms with Gasteiger partial charge in [0.25, 0.3) is 15.9 Å².